The van der Waals surface area contributed by atoms with Crippen molar-refractivity contribution in [3.05, 3.63) is 75.6 Å². The number of nitrogens with one attached hydrogen (secondary N) is 2. The highest BCUT2D eigenvalue weighted by Crippen LogP contribution is 2.16. The van der Waals surface area contributed by atoms with Crippen LogP contribution in [0.1, 0.15) is 27.4 Å². The molecule has 1 amide bonds. The molecule has 0 radical (unpaired) electrons. The van der Waals surface area contributed by atoms with Gasteiger partial charge in [-0.2, -0.15) is 10.2 Å². The number of carbonyl (C=O) groups excluding carboxylic acids is 1. The number of nitrogens with zero attached hydrogens (tertiary/aromatic N) is 3. The Balaban J connectivity index is 1.68. The second-order valence-corrected chi connectivity index (χ2v) is 5.64. The van der Waals surface area contributed by atoms with Gasteiger partial charge >= 0.3 is 0 Å². The van der Waals surface area contributed by atoms with Gasteiger partial charge in [0.25, 0.3) is 11.5 Å². The Kier molecular flexibility index (Phi) is 4.65. The summed E-state index contributed by atoms with van der Waals surface area (Å²) in [6.45, 7) is 3.69. The van der Waals surface area contributed by atoms with E-state index in [4.69, 9.17) is 0 Å². The van der Waals surface area contributed by atoms with Crippen LogP contribution in [0.25, 0.3) is 11.3 Å². The fourth-order valence-electron chi connectivity index (χ4n) is 2.26. The topological polar surface area (TPSA) is 101 Å². The van der Waals surface area contributed by atoms with Crippen molar-refractivity contribution in [2.45, 2.75) is 20.4 Å². The molecular weight excluding hydrogens is 318 g/mol. The van der Waals surface area contributed by atoms with Crippen LogP contribution in [-0.2, 0) is 6.54 Å². The van der Waals surface area contributed by atoms with E-state index in [-0.39, 0.29) is 18.0 Å². The molecule has 2 aromatic heterocycles. The summed E-state index contributed by atoms with van der Waals surface area (Å²) in [5.74, 6) is 0.274. The number of carbonyl (C=O) groups is 1. The first-order valence-corrected chi connectivity index (χ1v) is 7.77. The Bertz CT molecular complexity index is 946. The van der Waals surface area contributed by atoms with Crippen LogP contribution < -0.4 is 10.9 Å². The third kappa shape index (κ3) is 3.95. The van der Waals surface area contributed by atoms with Crippen LogP contribution in [0.4, 0.5) is 0 Å². The molecule has 7 nitrogen and oxygen atoms in total. The van der Waals surface area contributed by atoms with Crippen molar-refractivity contribution in [2.75, 3.05) is 0 Å². The van der Waals surface area contributed by atoms with Crippen LogP contribution in [0.15, 0.2) is 47.4 Å². The molecule has 1 aromatic carbocycles. The zero-order valence-corrected chi connectivity index (χ0v) is 13.9. The summed E-state index contributed by atoms with van der Waals surface area (Å²) in [5.41, 5.74) is 3.13. The minimum atomic E-state index is -0.262. The molecule has 0 saturated carbocycles. The average molecular weight is 335 g/mol. The number of aryl methyl sites for hydroxylation is 2. The first-order chi connectivity index (χ1) is 12.0. The molecule has 0 atom stereocenters. The molecule has 0 aliphatic rings. The summed E-state index contributed by atoms with van der Waals surface area (Å²) < 4.78 is 0. The molecule has 25 heavy (non-hydrogen) atoms. The lowest BCUT2D eigenvalue weighted by Gasteiger charge is -2.06. The molecule has 0 bridgehead atoms. The lowest BCUT2D eigenvalue weighted by molar-refractivity contribution is 0.0951. The minimum Gasteiger partial charge on any atom is -0.348 e. The molecule has 0 unspecified atom stereocenters. The Morgan fingerprint density at radius 2 is 1.84 bits per heavy atom. The quantitative estimate of drug-likeness (QED) is 0.757. The van der Waals surface area contributed by atoms with Gasteiger partial charge in [-0.05, 0) is 38.1 Å². The van der Waals surface area contributed by atoms with Crippen molar-refractivity contribution in [1.29, 1.82) is 0 Å². The van der Waals surface area contributed by atoms with Gasteiger partial charge in [0.1, 0.15) is 5.82 Å². The van der Waals surface area contributed by atoms with Crippen LogP contribution in [0.2, 0.25) is 0 Å². The molecular formula is C18H17N5O2. The smallest absolute Gasteiger partial charge is 0.255 e. The average Bonchev–Trinajstić information content (AvgIpc) is 2.61. The molecule has 2 heterocycles. The second-order valence-electron chi connectivity index (χ2n) is 5.64. The van der Waals surface area contributed by atoms with Crippen LogP contribution >= 0.6 is 0 Å². The number of H-pyrrole nitrogens is 1. The highest BCUT2D eigenvalue weighted by atomic mass is 16.1. The summed E-state index contributed by atoms with van der Waals surface area (Å²) in [7, 11) is 0. The van der Waals surface area contributed by atoms with Crippen molar-refractivity contribution in [3.8, 4) is 11.3 Å². The van der Waals surface area contributed by atoms with Crippen molar-refractivity contribution >= 4 is 5.91 Å². The van der Waals surface area contributed by atoms with Crippen LogP contribution in [0, 0.1) is 13.8 Å². The van der Waals surface area contributed by atoms with Crippen molar-refractivity contribution < 1.29 is 4.79 Å². The van der Waals surface area contributed by atoms with Gasteiger partial charge in [-0.3, -0.25) is 9.59 Å². The summed E-state index contributed by atoms with van der Waals surface area (Å²) in [5, 5.41) is 10.9. The lowest BCUT2D eigenvalue weighted by atomic mass is 10.1. The Labute approximate surface area is 144 Å². The standard InChI is InChI=1S/C18H17N5O2/c1-11-3-8-16(23-22-11)13-4-6-14(7-5-13)17(24)20-10-15-9-19-12(2)21-18(15)25/h3-9H,10H2,1-2H3,(H,20,24)(H,19,21,25). The van der Waals surface area contributed by atoms with Crippen molar-refractivity contribution in [1.82, 2.24) is 25.5 Å². The number of benzene rings is 1. The SMILES string of the molecule is Cc1ccc(-c2ccc(C(=O)NCc3cnc(C)[nH]c3=O)cc2)nn1. The van der Waals surface area contributed by atoms with Crippen LogP contribution in [0.3, 0.4) is 0 Å². The van der Waals surface area contributed by atoms with Gasteiger partial charge in [-0.1, -0.05) is 12.1 Å². The van der Waals surface area contributed by atoms with E-state index in [1.807, 2.05) is 31.2 Å². The fraction of sp³-hybridized carbons (Fsp3) is 0.167. The van der Waals surface area contributed by atoms with E-state index in [2.05, 4.69) is 25.5 Å². The predicted molar refractivity (Wildman–Crippen MR) is 93.0 cm³/mol. The minimum absolute atomic E-state index is 0.118. The molecule has 0 aliphatic heterocycles. The Morgan fingerprint density at radius 1 is 1.08 bits per heavy atom. The molecule has 2 N–H and O–H groups in total. The summed E-state index contributed by atoms with van der Waals surface area (Å²) in [4.78, 5) is 30.6. The molecule has 0 fully saturated rings. The Hall–Kier alpha value is -3.35. The highest BCUT2D eigenvalue weighted by Gasteiger charge is 2.08. The molecule has 126 valence electrons. The van der Waals surface area contributed by atoms with E-state index in [0.29, 0.717) is 17.0 Å². The van der Waals surface area contributed by atoms with Crippen LogP contribution in [0.5, 0.6) is 0 Å². The van der Waals surface area contributed by atoms with Gasteiger partial charge < -0.3 is 10.3 Å². The zero-order chi connectivity index (χ0) is 17.8. The summed E-state index contributed by atoms with van der Waals surface area (Å²) in [6.07, 6.45) is 1.47. The lowest BCUT2D eigenvalue weighted by Crippen LogP contribution is -2.27. The number of amides is 1. The number of aromatic nitrogens is 4. The van der Waals surface area contributed by atoms with E-state index in [1.165, 1.54) is 6.20 Å². The van der Waals surface area contributed by atoms with E-state index in [9.17, 15) is 9.59 Å². The van der Waals surface area contributed by atoms with E-state index in [1.54, 1.807) is 19.1 Å². The van der Waals surface area contributed by atoms with Crippen molar-refractivity contribution in [2.24, 2.45) is 0 Å². The van der Waals surface area contributed by atoms with E-state index < -0.39 is 0 Å². The maximum atomic E-state index is 12.2. The third-order valence-corrected chi connectivity index (χ3v) is 3.68. The van der Waals surface area contributed by atoms with Gasteiger partial charge in [0.15, 0.2) is 0 Å². The zero-order valence-electron chi connectivity index (χ0n) is 13.9. The molecule has 3 aromatic rings. The maximum absolute atomic E-state index is 12.2. The van der Waals surface area contributed by atoms with Crippen LogP contribution in [-0.4, -0.2) is 26.1 Å². The molecule has 0 aliphatic carbocycles. The van der Waals surface area contributed by atoms with Gasteiger partial charge in [-0.15, -0.1) is 0 Å². The second kappa shape index (κ2) is 7.04. The molecule has 7 heteroatoms. The summed E-state index contributed by atoms with van der Waals surface area (Å²) >= 11 is 0. The van der Waals surface area contributed by atoms with Gasteiger partial charge in [0.05, 0.1) is 23.5 Å². The van der Waals surface area contributed by atoms with Crippen molar-refractivity contribution in [3.63, 3.8) is 0 Å². The number of aromatic amines is 1. The maximum Gasteiger partial charge on any atom is 0.255 e. The largest absolute Gasteiger partial charge is 0.348 e. The first kappa shape index (κ1) is 16.5. The normalized spacial score (nSPS) is 10.5. The third-order valence-electron chi connectivity index (χ3n) is 3.68. The van der Waals surface area contributed by atoms with Gasteiger partial charge in [-0.25, -0.2) is 4.98 Å². The van der Waals surface area contributed by atoms with E-state index >= 15 is 0 Å². The Morgan fingerprint density at radius 3 is 2.48 bits per heavy atom. The molecule has 3 rings (SSSR count). The number of rotatable bonds is 4. The monoisotopic (exact) mass is 335 g/mol. The first-order valence-electron chi connectivity index (χ1n) is 7.77. The van der Waals surface area contributed by atoms with Gasteiger partial charge in [0.2, 0.25) is 0 Å². The number of hydrogen-bond acceptors (Lipinski definition) is 5. The predicted octanol–water partition coefficient (Wildman–Crippen LogP) is 1.77. The number of hydrogen-bond donors (Lipinski definition) is 2. The molecule has 0 saturated heterocycles. The molecule has 0 spiro atoms. The highest BCUT2D eigenvalue weighted by molar-refractivity contribution is 5.94. The van der Waals surface area contributed by atoms with E-state index in [0.717, 1.165) is 17.0 Å². The fourth-order valence-corrected chi connectivity index (χ4v) is 2.26. The van der Waals surface area contributed by atoms with Gasteiger partial charge in [0, 0.05) is 17.3 Å². The summed E-state index contributed by atoms with van der Waals surface area (Å²) in [6, 6.07) is 10.8.